The van der Waals surface area contributed by atoms with Crippen LogP contribution in [0.15, 0.2) is 52.7 Å². The molecule has 0 spiro atoms. The molecule has 144 valence electrons. The number of nitrogens with zero attached hydrogens (tertiary/aromatic N) is 2. The highest BCUT2D eigenvalue weighted by molar-refractivity contribution is 8.15. The van der Waals surface area contributed by atoms with Crippen molar-refractivity contribution in [1.29, 1.82) is 0 Å². The number of fused-ring (bicyclic) bond motifs is 2. The van der Waals surface area contributed by atoms with Gasteiger partial charge in [-0.15, -0.1) is 0 Å². The molecule has 0 unspecified atom stereocenters. The summed E-state index contributed by atoms with van der Waals surface area (Å²) in [6, 6.07) is 11.0. The van der Waals surface area contributed by atoms with E-state index < -0.39 is 12.0 Å². The highest BCUT2D eigenvalue weighted by atomic mass is 32.2. The van der Waals surface area contributed by atoms with Crippen molar-refractivity contribution in [3.8, 4) is 5.75 Å². The predicted molar refractivity (Wildman–Crippen MR) is 109 cm³/mol. The number of carbonyl (C=O) groups is 2. The molecule has 4 rings (SSSR count). The van der Waals surface area contributed by atoms with Crippen molar-refractivity contribution in [2.24, 2.45) is 4.99 Å². The van der Waals surface area contributed by atoms with E-state index in [1.54, 1.807) is 25.9 Å². The minimum atomic E-state index is -0.579. The maximum absolute atomic E-state index is 12.8. The first-order valence-electron chi connectivity index (χ1n) is 9.03. The van der Waals surface area contributed by atoms with E-state index in [-0.39, 0.29) is 12.5 Å². The van der Waals surface area contributed by atoms with Gasteiger partial charge >= 0.3 is 5.97 Å². The molecule has 0 aliphatic carbocycles. The summed E-state index contributed by atoms with van der Waals surface area (Å²) in [5.74, 6) is 0.539. The fourth-order valence-corrected chi connectivity index (χ4v) is 4.66. The molecule has 28 heavy (non-hydrogen) atoms. The van der Waals surface area contributed by atoms with Crippen LogP contribution < -0.4 is 4.74 Å². The van der Waals surface area contributed by atoms with Crippen LogP contribution in [0.25, 0.3) is 10.8 Å². The minimum absolute atomic E-state index is 0.0667. The number of hydrogen-bond acceptors (Lipinski definition) is 6. The van der Waals surface area contributed by atoms with Gasteiger partial charge in [0.2, 0.25) is 5.91 Å². The summed E-state index contributed by atoms with van der Waals surface area (Å²) in [6.45, 7) is 3.81. The number of ether oxygens (including phenoxy) is 2. The number of aliphatic imine (C=N–C) groups is 1. The average Bonchev–Trinajstić information content (AvgIpc) is 3.06. The van der Waals surface area contributed by atoms with E-state index in [0.29, 0.717) is 22.2 Å². The molecule has 2 aliphatic rings. The fourth-order valence-electron chi connectivity index (χ4n) is 3.72. The van der Waals surface area contributed by atoms with Crippen LogP contribution in [0.5, 0.6) is 5.75 Å². The van der Waals surface area contributed by atoms with Gasteiger partial charge in [-0.05, 0) is 30.9 Å². The van der Waals surface area contributed by atoms with Crippen LogP contribution in [0, 0.1) is 0 Å². The smallest absolute Gasteiger partial charge is 0.338 e. The van der Waals surface area contributed by atoms with Crippen LogP contribution in [0.3, 0.4) is 0 Å². The van der Waals surface area contributed by atoms with Gasteiger partial charge in [0.1, 0.15) is 5.75 Å². The first-order valence-corrected chi connectivity index (χ1v) is 10.0. The Balaban J connectivity index is 1.97. The van der Waals surface area contributed by atoms with Gasteiger partial charge in [-0.3, -0.25) is 9.69 Å². The molecule has 2 heterocycles. The zero-order valence-corrected chi connectivity index (χ0v) is 16.7. The zero-order chi connectivity index (χ0) is 19.8. The molecule has 2 aromatic carbocycles. The monoisotopic (exact) mass is 396 g/mol. The Morgan fingerprint density at radius 3 is 2.71 bits per heavy atom. The van der Waals surface area contributed by atoms with Crippen molar-refractivity contribution in [2.75, 3.05) is 19.5 Å². The lowest BCUT2D eigenvalue weighted by Crippen LogP contribution is -2.39. The molecule has 1 amide bonds. The second kappa shape index (κ2) is 7.31. The largest absolute Gasteiger partial charge is 0.496 e. The number of hydrogen-bond donors (Lipinski definition) is 0. The maximum Gasteiger partial charge on any atom is 0.338 e. The Hall–Kier alpha value is -2.80. The van der Waals surface area contributed by atoms with Gasteiger partial charge in [0.25, 0.3) is 0 Å². The Labute approximate surface area is 167 Å². The molecule has 0 radical (unpaired) electrons. The number of thioether (sulfide) groups is 1. The normalized spacial score (nSPS) is 19.0. The number of amidine groups is 1. The van der Waals surface area contributed by atoms with Gasteiger partial charge in [-0.1, -0.05) is 42.1 Å². The summed E-state index contributed by atoms with van der Waals surface area (Å²) in [7, 11) is 1.63. The molecule has 0 aromatic heterocycles. The highest BCUT2D eigenvalue weighted by Gasteiger charge is 2.43. The first-order chi connectivity index (χ1) is 13.6. The summed E-state index contributed by atoms with van der Waals surface area (Å²) < 4.78 is 10.8. The van der Waals surface area contributed by atoms with E-state index in [1.807, 2.05) is 36.4 Å². The van der Waals surface area contributed by atoms with Crippen LogP contribution in [0.4, 0.5) is 0 Å². The fraction of sp³-hybridized carbons (Fsp3) is 0.286. The van der Waals surface area contributed by atoms with Crippen molar-refractivity contribution in [3.63, 3.8) is 0 Å². The molecule has 0 bridgehead atoms. The van der Waals surface area contributed by atoms with Gasteiger partial charge in [-0.25, -0.2) is 9.79 Å². The second-order valence-corrected chi connectivity index (χ2v) is 7.41. The van der Waals surface area contributed by atoms with Crippen molar-refractivity contribution < 1.29 is 19.1 Å². The van der Waals surface area contributed by atoms with Gasteiger partial charge in [0.15, 0.2) is 5.17 Å². The van der Waals surface area contributed by atoms with Crippen molar-refractivity contribution in [2.45, 2.75) is 19.9 Å². The quantitative estimate of drug-likeness (QED) is 0.738. The van der Waals surface area contributed by atoms with Crippen molar-refractivity contribution in [3.05, 3.63) is 53.2 Å². The summed E-state index contributed by atoms with van der Waals surface area (Å²) >= 11 is 1.39. The van der Waals surface area contributed by atoms with Crippen LogP contribution >= 0.6 is 11.8 Å². The average molecular weight is 396 g/mol. The molecule has 1 fully saturated rings. The Bertz CT molecular complexity index is 1040. The number of esters is 1. The zero-order valence-electron chi connectivity index (χ0n) is 15.9. The summed E-state index contributed by atoms with van der Waals surface area (Å²) in [5.41, 5.74) is 1.83. The molecule has 2 aliphatic heterocycles. The molecule has 6 nitrogen and oxygen atoms in total. The summed E-state index contributed by atoms with van der Waals surface area (Å²) in [4.78, 5) is 31.7. The Morgan fingerprint density at radius 2 is 2.00 bits per heavy atom. The van der Waals surface area contributed by atoms with E-state index in [1.165, 1.54) is 11.8 Å². The van der Waals surface area contributed by atoms with E-state index in [2.05, 4.69) is 4.99 Å². The topological polar surface area (TPSA) is 68.2 Å². The van der Waals surface area contributed by atoms with Crippen molar-refractivity contribution in [1.82, 2.24) is 4.90 Å². The Morgan fingerprint density at radius 1 is 1.25 bits per heavy atom. The number of methoxy groups -OCH3 is 1. The van der Waals surface area contributed by atoms with Crippen molar-refractivity contribution >= 4 is 39.6 Å². The van der Waals surface area contributed by atoms with Crippen LogP contribution in [0.1, 0.15) is 25.5 Å². The third-order valence-corrected chi connectivity index (χ3v) is 5.85. The molecular formula is C21H20N2O4S. The van der Waals surface area contributed by atoms with E-state index in [9.17, 15) is 9.59 Å². The third kappa shape index (κ3) is 2.86. The van der Waals surface area contributed by atoms with Gasteiger partial charge in [-0.2, -0.15) is 0 Å². The van der Waals surface area contributed by atoms with E-state index in [4.69, 9.17) is 9.47 Å². The Kier molecular flexibility index (Phi) is 4.85. The highest BCUT2D eigenvalue weighted by Crippen LogP contribution is 2.44. The first kappa shape index (κ1) is 18.6. The number of amides is 1. The molecule has 0 N–H and O–H groups in total. The van der Waals surface area contributed by atoms with Gasteiger partial charge in [0.05, 0.1) is 36.8 Å². The summed E-state index contributed by atoms with van der Waals surface area (Å²) in [6.07, 6.45) is 0. The SMILES string of the molecule is CCOC(=O)C1=C(C)N=C2SCC(=O)N2[C@H]1c1ccc(OC)c2ccccc12. The third-order valence-electron chi connectivity index (χ3n) is 4.91. The standard InChI is InChI=1S/C21H20N2O4S/c1-4-27-20(25)18-12(2)22-21-23(17(24)11-28-21)19(18)15-9-10-16(26-3)14-8-6-5-7-13(14)15/h5-10,19H,4,11H2,1-3H3/t19-/m0/s1. The lowest BCUT2D eigenvalue weighted by molar-refractivity contribution is -0.139. The number of benzene rings is 2. The number of allylic oxidation sites excluding steroid dienone is 1. The van der Waals surface area contributed by atoms with Gasteiger partial charge in [0, 0.05) is 5.39 Å². The lowest BCUT2D eigenvalue weighted by atomic mass is 9.90. The lowest BCUT2D eigenvalue weighted by Gasteiger charge is -2.33. The number of carbonyl (C=O) groups excluding carboxylic acids is 2. The van der Waals surface area contributed by atoms with Crippen LogP contribution in [-0.2, 0) is 14.3 Å². The number of rotatable bonds is 4. The molecule has 0 saturated carbocycles. The molecule has 1 saturated heterocycles. The van der Waals surface area contributed by atoms with Gasteiger partial charge < -0.3 is 9.47 Å². The minimum Gasteiger partial charge on any atom is -0.496 e. The van der Waals surface area contributed by atoms with E-state index >= 15 is 0 Å². The maximum atomic E-state index is 12.8. The van der Waals surface area contributed by atoms with E-state index in [0.717, 1.165) is 22.1 Å². The predicted octanol–water partition coefficient (Wildman–Crippen LogP) is 3.67. The second-order valence-electron chi connectivity index (χ2n) is 6.47. The molecular weight excluding hydrogens is 376 g/mol. The molecule has 7 heteroatoms. The summed E-state index contributed by atoms with van der Waals surface area (Å²) in [5, 5.41) is 2.47. The van der Waals surface area contributed by atoms with Crippen LogP contribution in [-0.4, -0.2) is 41.4 Å². The molecule has 1 atom stereocenters. The molecule has 2 aromatic rings. The van der Waals surface area contributed by atoms with Crippen LogP contribution in [0.2, 0.25) is 0 Å².